The lowest BCUT2D eigenvalue weighted by Crippen LogP contribution is -2.55. The number of alkyl halides is 1. The van der Waals surface area contributed by atoms with Gasteiger partial charge >= 0.3 is 0 Å². The fourth-order valence-corrected chi connectivity index (χ4v) is 3.61. The molecule has 7 N–H and O–H groups in total. The van der Waals surface area contributed by atoms with Crippen LogP contribution in [-0.4, -0.2) is 60.7 Å². The average molecular weight is 451 g/mol. The van der Waals surface area contributed by atoms with Crippen LogP contribution in [0.2, 0.25) is 0 Å². The van der Waals surface area contributed by atoms with Crippen molar-refractivity contribution in [3.8, 4) is 0 Å². The van der Waals surface area contributed by atoms with Crippen molar-refractivity contribution in [2.24, 2.45) is 16.5 Å². The molecule has 10 heteroatoms. The Balaban J connectivity index is 2.07. The third kappa shape index (κ3) is 8.55. The molecule has 1 unspecified atom stereocenters. The summed E-state index contributed by atoms with van der Waals surface area (Å²) >= 11 is 5.73. The SMILES string of the molecule is NC(N)=NCCCC(NC(=O)[C@H](Cc1ccccc1)NC(=O)[C@@H]1CCCN1)C(=O)CCl. The molecule has 0 bridgehead atoms. The van der Waals surface area contributed by atoms with Gasteiger partial charge in [0.15, 0.2) is 11.7 Å². The molecule has 1 aromatic carbocycles. The molecule has 0 spiro atoms. The lowest BCUT2D eigenvalue weighted by Gasteiger charge is -2.24. The van der Waals surface area contributed by atoms with Crippen LogP contribution in [0.1, 0.15) is 31.2 Å². The zero-order valence-electron chi connectivity index (χ0n) is 17.5. The summed E-state index contributed by atoms with van der Waals surface area (Å²) in [5.74, 6) is -1.21. The maximum atomic E-state index is 13.1. The van der Waals surface area contributed by atoms with Crippen LogP contribution in [0.3, 0.4) is 0 Å². The van der Waals surface area contributed by atoms with Crippen molar-refractivity contribution in [1.29, 1.82) is 0 Å². The van der Waals surface area contributed by atoms with Gasteiger partial charge in [0, 0.05) is 13.0 Å². The molecule has 1 saturated heterocycles. The second-order valence-electron chi connectivity index (χ2n) is 7.51. The molecule has 1 aliphatic heterocycles. The van der Waals surface area contributed by atoms with Crippen molar-refractivity contribution in [2.45, 2.75) is 50.2 Å². The number of benzene rings is 1. The first-order valence-electron chi connectivity index (χ1n) is 10.4. The highest BCUT2D eigenvalue weighted by Crippen LogP contribution is 2.09. The predicted molar refractivity (Wildman–Crippen MR) is 121 cm³/mol. The Bertz CT molecular complexity index is 764. The minimum absolute atomic E-state index is 0.0320. The van der Waals surface area contributed by atoms with Gasteiger partial charge in [-0.05, 0) is 37.8 Å². The van der Waals surface area contributed by atoms with E-state index in [1.165, 1.54) is 0 Å². The summed E-state index contributed by atoms with van der Waals surface area (Å²) in [4.78, 5) is 41.8. The molecule has 0 saturated carbocycles. The lowest BCUT2D eigenvalue weighted by molar-refractivity contribution is -0.131. The Morgan fingerprint density at radius 2 is 1.90 bits per heavy atom. The summed E-state index contributed by atoms with van der Waals surface area (Å²) in [6.45, 7) is 1.11. The number of nitrogens with two attached hydrogens (primary N) is 2. The summed E-state index contributed by atoms with van der Waals surface area (Å²) in [5.41, 5.74) is 11.5. The number of Topliss-reactive ketones (excluding diaryl/α,β-unsaturated/α-hetero) is 1. The minimum Gasteiger partial charge on any atom is -0.370 e. The normalized spacial score (nSPS) is 17.4. The van der Waals surface area contributed by atoms with E-state index in [4.69, 9.17) is 23.1 Å². The zero-order chi connectivity index (χ0) is 22.6. The van der Waals surface area contributed by atoms with Crippen LogP contribution in [0.4, 0.5) is 0 Å². The van der Waals surface area contributed by atoms with Crippen LogP contribution >= 0.6 is 11.6 Å². The Hall–Kier alpha value is -2.65. The third-order valence-corrected chi connectivity index (χ3v) is 5.34. The van der Waals surface area contributed by atoms with Gasteiger partial charge in [0.2, 0.25) is 11.8 Å². The van der Waals surface area contributed by atoms with Gasteiger partial charge in [-0.1, -0.05) is 30.3 Å². The van der Waals surface area contributed by atoms with E-state index in [1.54, 1.807) is 0 Å². The number of carbonyl (C=O) groups excluding carboxylic acids is 3. The zero-order valence-corrected chi connectivity index (χ0v) is 18.2. The molecule has 9 nitrogen and oxygen atoms in total. The number of nitrogens with zero attached hydrogens (tertiary/aromatic N) is 1. The fourth-order valence-electron chi connectivity index (χ4n) is 3.42. The number of carbonyl (C=O) groups is 3. The van der Waals surface area contributed by atoms with Gasteiger partial charge in [-0.2, -0.15) is 0 Å². The first-order chi connectivity index (χ1) is 14.9. The first-order valence-corrected chi connectivity index (χ1v) is 11.0. The number of rotatable bonds is 12. The molecular weight excluding hydrogens is 420 g/mol. The van der Waals surface area contributed by atoms with E-state index >= 15 is 0 Å². The van der Waals surface area contributed by atoms with Gasteiger partial charge in [-0.25, -0.2) is 0 Å². The first kappa shape index (κ1) is 24.6. The molecule has 31 heavy (non-hydrogen) atoms. The van der Waals surface area contributed by atoms with E-state index in [2.05, 4.69) is 20.9 Å². The van der Waals surface area contributed by atoms with Gasteiger partial charge in [-0.15, -0.1) is 11.6 Å². The Morgan fingerprint density at radius 3 is 2.52 bits per heavy atom. The molecule has 3 atom stereocenters. The van der Waals surface area contributed by atoms with Crippen LogP contribution in [0.5, 0.6) is 0 Å². The van der Waals surface area contributed by atoms with Crippen molar-refractivity contribution < 1.29 is 14.4 Å². The van der Waals surface area contributed by atoms with Gasteiger partial charge in [0.05, 0.1) is 18.0 Å². The fraction of sp³-hybridized carbons (Fsp3) is 0.524. The number of ketones is 1. The minimum atomic E-state index is -0.819. The van der Waals surface area contributed by atoms with E-state index in [1.807, 2.05) is 30.3 Å². The maximum absolute atomic E-state index is 13.1. The van der Waals surface area contributed by atoms with Crippen LogP contribution in [0.15, 0.2) is 35.3 Å². The van der Waals surface area contributed by atoms with Crippen molar-refractivity contribution in [3.05, 3.63) is 35.9 Å². The molecule has 0 radical (unpaired) electrons. The molecule has 2 amide bonds. The van der Waals surface area contributed by atoms with Crippen LogP contribution in [0, 0.1) is 0 Å². The van der Waals surface area contributed by atoms with Gasteiger partial charge in [-0.3, -0.25) is 19.4 Å². The summed E-state index contributed by atoms with van der Waals surface area (Å²) in [5, 5.41) is 8.72. The Morgan fingerprint density at radius 1 is 1.16 bits per heavy atom. The largest absolute Gasteiger partial charge is 0.370 e. The van der Waals surface area contributed by atoms with Crippen LogP contribution in [-0.2, 0) is 20.8 Å². The summed E-state index contributed by atoms with van der Waals surface area (Å²) in [6, 6.07) is 7.48. The summed E-state index contributed by atoms with van der Waals surface area (Å²) < 4.78 is 0. The maximum Gasteiger partial charge on any atom is 0.243 e. The van der Waals surface area contributed by atoms with Crippen LogP contribution in [0.25, 0.3) is 0 Å². The number of nitrogens with one attached hydrogen (secondary N) is 3. The highest BCUT2D eigenvalue weighted by molar-refractivity contribution is 6.28. The van der Waals surface area contributed by atoms with E-state index in [0.717, 1.165) is 24.9 Å². The quantitative estimate of drug-likeness (QED) is 0.129. The van der Waals surface area contributed by atoms with E-state index < -0.39 is 18.0 Å². The number of amides is 2. The van der Waals surface area contributed by atoms with Gasteiger partial charge in [0.25, 0.3) is 0 Å². The van der Waals surface area contributed by atoms with E-state index in [9.17, 15) is 14.4 Å². The number of aliphatic imine (C=N–C) groups is 1. The van der Waals surface area contributed by atoms with Crippen molar-refractivity contribution in [1.82, 2.24) is 16.0 Å². The highest BCUT2D eigenvalue weighted by Gasteiger charge is 2.29. The molecule has 1 aliphatic rings. The smallest absolute Gasteiger partial charge is 0.243 e. The van der Waals surface area contributed by atoms with Crippen LogP contribution < -0.4 is 27.4 Å². The molecule has 1 heterocycles. The molecule has 0 aliphatic carbocycles. The number of halogens is 1. The molecule has 1 aromatic rings. The summed E-state index contributed by atoms with van der Waals surface area (Å²) in [6.07, 6.45) is 2.78. The van der Waals surface area contributed by atoms with Gasteiger partial charge < -0.3 is 27.4 Å². The number of guanidine groups is 1. The molecule has 170 valence electrons. The summed E-state index contributed by atoms with van der Waals surface area (Å²) in [7, 11) is 0. The number of hydrogen-bond acceptors (Lipinski definition) is 5. The Kier molecular flexibility index (Phi) is 10.3. The second kappa shape index (κ2) is 12.9. The highest BCUT2D eigenvalue weighted by atomic mass is 35.5. The van der Waals surface area contributed by atoms with E-state index in [-0.39, 0.29) is 29.6 Å². The van der Waals surface area contributed by atoms with Gasteiger partial charge in [0.1, 0.15) is 6.04 Å². The third-order valence-electron chi connectivity index (χ3n) is 5.07. The average Bonchev–Trinajstić information content (AvgIpc) is 3.30. The molecule has 0 aromatic heterocycles. The second-order valence-corrected chi connectivity index (χ2v) is 7.78. The monoisotopic (exact) mass is 450 g/mol. The molecule has 2 rings (SSSR count). The molecule has 1 fully saturated rings. The molecular formula is C21H31ClN6O3. The topological polar surface area (TPSA) is 152 Å². The standard InChI is InChI=1S/C21H31ClN6O3/c22-13-18(29)15(8-4-11-26-21(23)24)27-20(31)17(12-14-6-2-1-3-7-14)28-19(30)16-9-5-10-25-16/h1-3,6-7,15-17,25H,4-5,8-13H2,(H,27,31)(H,28,30)(H4,23,24,26)/t15?,16-,17-/m0/s1. The number of hydrogen-bond donors (Lipinski definition) is 5. The lowest BCUT2D eigenvalue weighted by atomic mass is 10.0. The van der Waals surface area contributed by atoms with Crippen molar-refractivity contribution in [2.75, 3.05) is 19.0 Å². The Labute approximate surface area is 187 Å². The predicted octanol–water partition coefficient (Wildman–Crippen LogP) is -0.188. The van der Waals surface area contributed by atoms with E-state index in [0.29, 0.717) is 25.8 Å². The van der Waals surface area contributed by atoms with Crippen molar-refractivity contribution >= 4 is 35.2 Å². The van der Waals surface area contributed by atoms with Crippen molar-refractivity contribution in [3.63, 3.8) is 0 Å².